The van der Waals surface area contributed by atoms with E-state index in [1.165, 1.54) is 0 Å². The molecule has 0 unspecified atom stereocenters. The van der Waals surface area contributed by atoms with Crippen molar-refractivity contribution in [2.75, 3.05) is 0 Å². The lowest BCUT2D eigenvalue weighted by Crippen LogP contribution is -1.88. The highest BCUT2D eigenvalue weighted by atomic mass is 35.5. The van der Waals surface area contributed by atoms with E-state index in [2.05, 4.69) is 4.98 Å². The van der Waals surface area contributed by atoms with Gasteiger partial charge in [-0.1, -0.05) is 29.3 Å². The number of nitrogens with zero attached hydrogens (tertiary/aromatic N) is 1. The smallest absolute Gasteiger partial charge is 0.219 e. The molecule has 0 saturated heterocycles. The summed E-state index contributed by atoms with van der Waals surface area (Å²) < 4.78 is 5.52. The lowest BCUT2D eigenvalue weighted by atomic mass is 10.3. The van der Waals surface area contributed by atoms with Crippen LogP contribution in [0.2, 0.25) is 10.0 Å². The number of ether oxygens (including phenoxy) is 1. The average molecular weight is 254 g/mol. The van der Waals surface area contributed by atoms with Gasteiger partial charge in [0.25, 0.3) is 0 Å². The van der Waals surface area contributed by atoms with Crippen LogP contribution in [0.4, 0.5) is 0 Å². The molecule has 1 aromatic heterocycles. The molecular weight excluding hydrogens is 245 g/mol. The molecule has 0 N–H and O–H groups in total. The number of aryl methyl sites for hydroxylation is 1. The molecule has 82 valence electrons. The second kappa shape index (κ2) is 4.73. The summed E-state index contributed by atoms with van der Waals surface area (Å²) in [7, 11) is 0. The van der Waals surface area contributed by atoms with Gasteiger partial charge in [-0.25, -0.2) is 4.98 Å². The molecule has 0 amide bonds. The first-order valence-electron chi connectivity index (χ1n) is 4.71. The molecule has 0 radical (unpaired) electrons. The Morgan fingerprint density at radius 2 is 1.94 bits per heavy atom. The standard InChI is InChI=1S/C12H9Cl2NO/c1-8-2-5-12(15-7-8)16-11-4-3-9(13)6-10(11)14/h2-7H,1H3. The van der Waals surface area contributed by atoms with Gasteiger partial charge < -0.3 is 4.74 Å². The molecule has 2 aromatic rings. The lowest BCUT2D eigenvalue weighted by molar-refractivity contribution is 0.463. The Bertz CT molecular complexity index is 497. The third kappa shape index (κ3) is 2.65. The minimum absolute atomic E-state index is 0.467. The number of rotatable bonds is 2. The molecule has 1 heterocycles. The van der Waals surface area contributed by atoms with E-state index in [9.17, 15) is 0 Å². The van der Waals surface area contributed by atoms with E-state index >= 15 is 0 Å². The van der Waals surface area contributed by atoms with Crippen LogP contribution < -0.4 is 4.74 Å². The molecule has 0 spiro atoms. The zero-order valence-electron chi connectivity index (χ0n) is 8.58. The zero-order valence-corrected chi connectivity index (χ0v) is 10.1. The highest BCUT2D eigenvalue weighted by Crippen LogP contribution is 2.30. The summed E-state index contributed by atoms with van der Waals surface area (Å²) in [5, 5.41) is 1.05. The maximum absolute atomic E-state index is 5.97. The molecule has 16 heavy (non-hydrogen) atoms. The van der Waals surface area contributed by atoms with Crippen molar-refractivity contribution in [2.45, 2.75) is 6.92 Å². The number of hydrogen-bond acceptors (Lipinski definition) is 2. The fourth-order valence-electron chi connectivity index (χ4n) is 1.19. The number of pyridine rings is 1. The van der Waals surface area contributed by atoms with Crippen molar-refractivity contribution in [1.82, 2.24) is 4.98 Å². The van der Waals surface area contributed by atoms with Crippen LogP contribution in [0.1, 0.15) is 5.56 Å². The summed E-state index contributed by atoms with van der Waals surface area (Å²) in [4.78, 5) is 4.12. The van der Waals surface area contributed by atoms with Gasteiger partial charge in [0.2, 0.25) is 5.88 Å². The summed E-state index contributed by atoms with van der Waals surface area (Å²) in [6.07, 6.45) is 1.74. The quantitative estimate of drug-likeness (QED) is 0.787. The Labute approximate surface area is 104 Å². The van der Waals surface area contributed by atoms with E-state index in [1.54, 1.807) is 30.5 Å². The predicted octanol–water partition coefficient (Wildman–Crippen LogP) is 4.49. The molecule has 0 atom stereocenters. The Kier molecular flexibility index (Phi) is 3.32. The number of halogens is 2. The Hall–Kier alpha value is -1.25. The number of hydrogen-bond donors (Lipinski definition) is 0. The van der Waals surface area contributed by atoms with Crippen LogP contribution in [0, 0.1) is 6.92 Å². The largest absolute Gasteiger partial charge is 0.437 e. The molecular formula is C12H9Cl2NO. The van der Waals surface area contributed by atoms with Crippen LogP contribution in [0.25, 0.3) is 0 Å². The van der Waals surface area contributed by atoms with Crippen molar-refractivity contribution in [3.8, 4) is 11.6 Å². The van der Waals surface area contributed by atoms with Gasteiger partial charge in [0.15, 0.2) is 0 Å². The molecule has 2 rings (SSSR count). The van der Waals surface area contributed by atoms with Gasteiger partial charge in [-0.15, -0.1) is 0 Å². The fraction of sp³-hybridized carbons (Fsp3) is 0.0833. The molecule has 0 aliphatic rings. The monoisotopic (exact) mass is 253 g/mol. The number of benzene rings is 1. The van der Waals surface area contributed by atoms with Crippen molar-refractivity contribution < 1.29 is 4.74 Å². The van der Waals surface area contributed by atoms with Gasteiger partial charge >= 0.3 is 0 Å². The van der Waals surface area contributed by atoms with E-state index in [4.69, 9.17) is 27.9 Å². The Morgan fingerprint density at radius 1 is 1.12 bits per heavy atom. The highest BCUT2D eigenvalue weighted by Gasteiger charge is 2.04. The molecule has 4 heteroatoms. The molecule has 0 aliphatic heterocycles. The van der Waals surface area contributed by atoms with Crippen LogP contribution >= 0.6 is 23.2 Å². The summed E-state index contributed by atoms with van der Waals surface area (Å²) in [6, 6.07) is 8.78. The first kappa shape index (κ1) is 11.2. The SMILES string of the molecule is Cc1ccc(Oc2ccc(Cl)cc2Cl)nc1. The van der Waals surface area contributed by atoms with Crippen molar-refractivity contribution in [2.24, 2.45) is 0 Å². The molecule has 0 bridgehead atoms. The maximum atomic E-state index is 5.97. The van der Waals surface area contributed by atoms with Crippen molar-refractivity contribution in [1.29, 1.82) is 0 Å². The first-order valence-corrected chi connectivity index (χ1v) is 5.46. The summed E-state index contributed by atoms with van der Waals surface area (Å²) >= 11 is 11.8. The molecule has 0 fully saturated rings. The predicted molar refractivity (Wildman–Crippen MR) is 65.5 cm³/mol. The van der Waals surface area contributed by atoms with Crippen molar-refractivity contribution >= 4 is 23.2 Å². The van der Waals surface area contributed by atoms with Gasteiger partial charge in [-0.2, -0.15) is 0 Å². The molecule has 0 saturated carbocycles. The van der Waals surface area contributed by atoms with E-state index in [0.29, 0.717) is 21.7 Å². The second-order valence-corrected chi connectivity index (χ2v) is 4.19. The Morgan fingerprint density at radius 3 is 2.56 bits per heavy atom. The molecule has 0 aliphatic carbocycles. The van der Waals surface area contributed by atoms with Gasteiger partial charge in [0.05, 0.1) is 5.02 Å². The highest BCUT2D eigenvalue weighted by molar-refractivity contribution is 6.35. The molecule has 1 aromatic carbocycles. The van der Waals surface area contributed by atoms with Gasteiger partial charge in [0, 0.05) is 17.3 Å². The van der Waals surface area contributed by atoms with Crippen molar-refractivity contribution in [3.63, 3.8) is 0 Å². The second-order valence-electron chi connectivity index (χ2n) is 3.35. The minimum atomic E-state index is 0.467. The maximum Gasteiger partial charge on any atom is 0.219 e. The Balaban J connectivity index is 2.23. The van der Waals surface area contributed by atoms with Gasteiger partial charge in [-0.05, 0) is 30.7 Å². The van der Waals surface area contributed by atoms with Crippen LogP contribution in [-0.4, -0.2) is 4.98 Å². The van der Waals surface area contributed by atoms with E-state index in [-0.39, 0.29) is 0 Å². The van der Waals surface area contributed by atoms with Crippen LogP contribution in [-0.2, 0) is 0 Å². The average Bonchev–Trinajstić information content (AvgIpc) is 2.25. The molecule has 2 nitrogen and oxygen atoms in total. The summed E-state index contributed by atoms with van der Waals surface area (Å²) in [6.45, 7) is 1.96. The van der Waals surface area contributed by atoms with E-state index in [1.807, 2.05) is 13.0 Å². The third-order valence-electron chi connectivity index (χ3n) is 1.99. The number of aromatic nitrogens is 1. The lowest BCUT2D eigenvalue weighted by Gasteiger charge is -2.06. The zero-order chi connectivity index (χ0) is 11.5. The van der Waals surface area contributed by atoms with Gasteiger partial charge in [0.1, 0.15) is 5.75 Å². The van der Waals surface area contributed by atoms with Crippen LogP contribution in [0.3, 0.4) is 0 Å². The first-order chi connectivity index (χ1) is 7.65. The van der Waals surface area contributed by atoms with Crippen molar-refractivity contribution in [3.05, 3.63) is 52.1 Å². The summed E-state index contributed by atoms with van der Waals surface area (Å²) in [5.74, 6) is 1.05. The normalized spacial score (nSPS) is 10.2. The van der Waals surface area contributed by atoms with E-state index in [0.717, 1.165) is 5.56 Å². The summed E-state index contributed by atoms with van der Waals surface area (Å²) in [5.41, 5.74) is 1.08. The van der Waals surface area contributed by atoms with Crippen LogP contribution in [0.15, 0.2) is 36.5 Å². The van der Waals surface area contributed by atoms with Gasteiger partial charge in [-0.3, -0.25) is 0 Å². The minimum Gasteiger partial charge on any atom is -0.437 e. The fourth-order valence-corrected chi connectivity index (χ4v) is 1.63. The van der Waals surface area contributed by atoms with Crippen LogP contribution in [0.5, 0.6) is 11.6 Å². The third-order valence-corrected chi connectivity index (χ3v) is 2.52. The topological polar surface area (TPSA) is 22.1 Å². The van der Waals surface area contributed by atoms with E-state index < -0.39 is 0 Å².